The van der Waals surface area contributed by atoms with E-state index in [-0.39, 0.29) is 0 Å². The van der Waals surface area contributed by atoms with Crippen LogP contribution < -0.4 is 10.6 Å². The van der Waals surface area contributed by atoms with E-state index >= 15 is 0 Å². The van der Waals surface area contributed by atoms with Crippen molar-refractivity contribution in [3.8, 4) is 0 Å². The zero-order valence-electron chi connectivity index (χ0n) is 9.35. The number of aromatic nitrogens is 2. The van der Waals surface area contributed by atoms with Crippen LogP contribution in [0.5, 0.6) is 0 Å². The summed E-state index contributed by atoms with van der Waals surface area (Å²) in [5.74, 6) is 2.17. The lowest BCUT2D eigenvalue weighted by Crippen LogP contribution is -2.41. The molecule has 0 saturated carbocycles. The summed E-state index contributed by atoms with van der Waals surface area (Å²) in [4.78, 5) is 2.32. The molecule has 4 heteroatoms. The summed E-state index contributed by atoms with van der Waals surface area (Å²) in [5.41, 5.74) is 5.53. The first kappa shape index (κ1) is 10.2. The highest BCUT2D eigenvalue weighted by molar-refractivity contribution is 5.42. The maximum atomic E-state index is 5.53. The summed E-state index contributed by atoms with van der Waals surface area (Å²) in [7, 11) is 0. The predicted octanol–water partition coefficient (Wildman–Crippen LogP) is 1.68. The highest BCUT2D eigenvalue weighted by atomic mass is 15.3. The van der Waals surface area contributed by atoms with Gasteiger partial charge in [0.1, 0.15) is 5.82 Å². The quantitative estimate of drug-likeness (QED) is 0.759. The highest BCUT2D eigenvalue weighted by Crippen LogP contribution is 2.25. The van der Waals surface area contributed by atoms with Gasteiger partial charge < -0.3 is 10.6 Å². The zero-order valence-corrected chi connectivity index (χ0v) is 9.35. The average molecular weight is 206 g/mol. The molecule has 0 spiro atoms. The van der Waals surface area contributed by atoms with Gasteiger partial charge in [0.25, 0.3) is 0 Å². The third-order valence-corrected chi connectivity index (χ3v) is 3.08. The molecule has 82 valence electrons. The van der Waals surface area contributed by atoms with Crippen molar-refractivity contribution >= 4 is 11.6 Å². The van der Waals surface area contributed by atoms with E-state index in [2.05, 4.69) is 28.9 Å². The first-order valence-electron chi connectivity index (χ1n) is 5.52. The van der Waals surface area contributed by atoms with Gasteiger partial charge in [-0.3, -0.25) is 0 Å². The van der Waals surface area contributed by atoms with Crippen LogP contribution in [0.4, 0.5) is 11.6 Å². The smallest absolute Gasteiger partial charge is 0.151 e. The Labute approximate surface area is 90.5 Å². The van der Waals surface area contributed by atoms with E-state index in [9.17, 15) is 0 Å². The minimum Gasteiger partial charge on any atom is -0.382 e. The number of nitrogens with zero attached hydrogens (tertiary/aromatic N) is 3. The van der Waals surface area contributed by atoms with Gasteiger partial charge in [0.15, 0.2) is 5.82 Å². The van der Waals surface area contributed by atoms with Gasteiger partial charge in [-0.15, -0.1) is 10.2 Å². The van der Waals surface area contributed by atoms with Gasteiger partial charge in [0, 0.05) is 12.6 Å². The minimum atomic E-state index is 0.483. The first-order valence-corrected chi connectivity index (χ1v) is 5.52. The topological polar surface area (TPSA) is 55.0 Å². The van der Waals surface area contributed by atoms with Crippen molar-refractivity contribution in [1.82, 2.24) is 10.2 Å². The Balaban J connectivity index is 2.17. The van der Waals surface area contributed by atoms with Crippen LogP contribution in [0.15, 0.2) is 12.1 Å². The van der Waals surface area contributed by atoms with Crippen molar-refractivity contribution in [1.29, 1.82) is 0 Å². The molecule has 1 aliphatic heterocycles. The Hall–Kier alpha value is -1.32. The third-order valence-electron chi connectivity index (χ3n) is 3.08. The first-order chi connectivity index (χ1) is 7.16. The van der Waals surface area contributed by atoms with Crippen LogP contribution in [0, 0.1) is 5.92 Å². The van der Waals surface area contributed by atoms with Crippen molar-refractivity contribution in [2.75, 3.05) is 17.2 Å². The Kier molecular flexibility index (Phi) is 2.75. The molecule has 2 atom stereocenters. The van der Waals surface area contributed by atoms with E-state index in [0.717, 1.165) is 18.3 Å². The van der Waals surface area contributed by atoms with Gasteiger partial charge in [-0.2, -0.15) is 0 Å². The van der Waals surface area contributed by atoms with Crippen molar-refractivity contribution in [3.05, 3.63) is 12.1 Å². The average Bonchev–Trinajstić information content (AvgIpc) is 2.23. The van der Waals surface area contributed by atoms with Crippen LogP contribution in [0.3, 0.4) is 0 Å². The minimum absolute atomic E-state index is 0.483. The number of rotatable bonds is 1. The molecule has 2 N–H and O–H groups in total. The zero-order chi connectivity index (χ0) is 10.8. The predicted molar refractivity (Wildman–Crippen MR) is 61.7 cm³/mol. The van der Waals surface area contributed by atoms with E-state index in [1.54, 1.807) is 0 Å². The Morgan fingerprint density at radius 2 is 2.07 bits per heavy atom. The number of anilines is 2. The van der Waals surface area contributed by atoms with Crippen LogP contribution in [0.2, 0.25) is 0 Å². The Morgan fingerprint density at radius 3 is 2.73 bits per heavy atom. The highest BCUT2D eigenvalue weighted by Gasteiger charge is 2.23. The summed E-state index contributed by atoms with van der Waals surface area (Å²) in [5, 5.41) is 8.04. The largest absolute Gasteiger partial charge is 0.382 e. The van der Waals surface area contributed by atoms with Crippen LogP contribution in [0.1, 0.15) is 26.7 Å². The molecule has 1 fully saturated rings. The Morgan fingerprint density at radius 1 is 1.27 bits per heavy atom. The van der Waals surface area contributed by atoms with E-state index in [0.29, 0.717) is 11.9 Å². The summed E-state index contributed by atoms with van der Waals surface area (Å²) in [6, 6.07) is 4.32. The maximum Gasteiger partial charge on any atom is 0.151 e. The molecule has 1 aromatic rings. The molecular weight excluding hydrogens is 188 g/mol. The summed E-state index contributed by atoms with van der Waals surface area (Å²) in [6.45, 7) is 5.59. The summed E-state index contributed by atoms with van der Waals surface area (Å²) in [6.07, 6.45) is 2.54. The molecule has 1 saturated heterocycles. The standard InChI is InChI=1S/C11H18N4/c1-8-3-4-9(2)15(7-8)11-6-5-10(12)13-14-11/h5-6,8-9H,3-4,7H2,1-2H3,(H2,12,13). The molecule has 0 aromatic carbocycles. The lowest BCUT2D eigenvalue weighted by molar-refractivity contribution is 0.387. The molecule has 1 aliphatic rings. The van der Waals surface area contributed by atoms with E-state index < -0.39 is 0 Å². The molecule has 2 heterocycles. The second-order valence-corrected chi connectivity index (χ2v) is 4.50. The fourth-order valence-corrected chi connectivity index (χ4v) is 2.10. The Bertz CT molecular complexity index is 322. The molecule has 0 aliphatic carbocycles. The van der Waals surface area contributed by atoms with Crippen LogP contribution in [0.25, 0.3) is 0 Å². The van der Waals surface area contributed by atoms with Gasteiger partial charge in [-0.25, -0.2) is 0 Å². The fraction of sp³-hybridized carbons (Fsp3) is 0.636. The second-order valence-electron chi connectivity index (χ2n) is 4.50. The summed E-state index contributed by atoms with van der Waals surface area (Å²) >= 11 is 0. The van der Waals surface area contributed by atoms with Gasteiger partial charge >= 0.3 is 0 Å². The number of hydrogen-bond donors (Lipinski definition) is 1. The second kappa shape index (κ2) is 4.04. The number of nitrogen functional groups attached to an aromatic ring is 1. The molecule has 4 nitrogen and oxygen atoms in total. The molecule has 0 radical (unpaired) electrons. The summed E-state index contributed by atoms with van der Waals surface area (Å²) < 4.78 is 0. The monoisotopic (exact) mass is 206 g/mol. The van der Waals surface area contributed by atoms with Gasteiger partial charge in [0.2, 0.25) is 0 Å². The third kappa shape index (κ3) is 2.19. The number of nitrogens with two attached hydrogens (primary N) is 1. The lowest BCUT2D eigenvalue weighted by atomic mass is 9.95. The van der Waals surface area contributed by atoms with Gasteiger partial charge in [-0.1, -0.05) is 6.92 Å². The molecule has 15 heavy (non-hydrogen) atoms. The maximum absolute atomic E-state index is 5.53. The van der Waals surface area contributed by atoms with Crippen LogP contribution >= 0.6 is 0 Å². The molecule has 0 amide bonds. The molecule has 2 unspecified atom stereocenters. The van der Waals surface area contributed by atoms with Crippen molar-refractivity contribution in [2.45, 2.75) is 32.7 Å². The van der Waals surface area contributed by atoms with Crippen LogP contribution in [-0.2, 0) is 0 Å². The number of piperidine rings is 1. The van der Waals surface area contributed by atoms with E-state index in [1.165, 1.54) is 12.8 Å². The molecule has 1 aromatic heterocycles. The van der Waals surface area contributed by atoms with Gasteiger partial charge in [-0.05, 0) is 37.8 Å². The fourth-order valence-electron chi connectivity index (χ4n) is 2.10. The molecule has 2 rings (SSSR count). The van der Waals surface area contributed by atoms with E-state index in [1.807, 2.05) is 12.1 Å². The molecule has 0 bridgehead atoms. The lowest BCUT2D eigenvalue weighted by Gasteiger charge is -2.37. The van der Waals surface area contributed by atoms with E-state index in [4.69, 9.17) is 5.73 Å². The normalized spacial score (nSPS) is 26.7. The van der Waals surface area contributed by atoms with Crippen molar-refractivity contribution in [3.63, 3.8) is 0 Å². The molecular formula is C11H18N4. The van der Waals surface area contributed by atoms with Crippen LogP contribution in [-0.4, -0.2) is 22.8 Å². The SMILES string of the molecule is CC1CCC(C)N(c2ccc(N)nn2)C1. The van der Waals surface area contributed by atoms with Crippen molar-refractivity contribution < 1.29 is 0 Å². The number of hydrogen-bond acceptors (Lipinski definition) is 4. The van der Waals surface area contributed by atoms with Gasteiger partial charge in [0.05, 0.1) is 0 Å². The van der Waals surface area contributed by atoms with Crippen molar-refractivity contribution in [2.24, 2.45) is 5.92 Å².